The van der Waals surface area contributed by atoms with E-state index in [1.54, 1.807) is 18.2 Å². The summed E-state index contributed by atoms with van der Waals surface area (Å²) in [4.78, 5) is 25.4. The second-order valence-electron chi connectivity index (χ2n) is 5.66. The van der Waals surface area contributed by atoms with E-state index in [2.05, 4.69) is 4.90 Å². The van der Waals surface area contributed by atoms with Gasteiger partial charge in [-0.15, -0.1) is 0 Å². The third-order valence-corrected chi connectivity index (χ3v) is 4.18. The zero-order valence-corrected chi connectivity index (χ0v) is 11.8. The Morgan fingerprint density at radius 3 is 2.76 bits per heavy atom. The summed E-state index contributed by atoms with van der Waals surface area (Å²) >= 11 is 0. The molecule has 0 aromatic heterocycles. The standard InChI is InChI=1S/C16H17NO4/c1-17-8-6-16(7-9-17)15(20)12-10-11(3-5-14(18)19)2-4-13(12)21-16/h2-5,10H,6-9H2,1H3,(H,18,19)/b5-3+. The van der Waals surface area contributed by atoms with Crippen LogP contribution < -0.4 is 4.74 Å². The van der Waals surface area contributed by atoms with E-state index in [0.717, 1.165) is 19.2 Å². The highest BCUT2D eigenvalue weighted by Gasteiger charge is 2.49. The summed E-state index contributed by atoms with van der Waals surface area (Å²) < 4.78 is 5.96. The van der Waals surface area contributed by atoms with Crippen LogP contribution in [0.2, 0.25) is 0 Å². The second-order valence-corrected chi connectivity index (χ2v) is 5.66. The van der Waals surface area contributed by atoms with Crippen LogP contribution in [0.25, 0.3) is 6.08 Å². The van der Waals surface area contributed by atoms with Crippen LogP contribution in [0.5, 0.6) is 5.75 Å². The summed E-state index contributed by atoms with van der Waals surface area (Å²) in [7, 11) is 2.04. The zero-order valence-electron chi connectivity index (χ0n) is 11.8. The minimum Gasteiger partial charge on any atom is -0.478 e. The maximum absolute atomic E-state index is 12.7. The van der Waals surface area contributed by atoms with Gasteiger partial charge in [0.25, 0.3) is 0 Å². The van der Waals surface area contributed by atoms with Gasteiger partial charge in [-0.05, 0) is 30.8 Å². The van der Waals surface area contributed by atoms with E-state index < -0.39 is 11.6 Å². The molecular weight excluding hydrogens is 270 g/mol. The maximum Gasteiger partial charge on any atom is 0.328 e. The Bertz CT molecular complexity index is 627. The van der Waals surface area contributed by atoms with Crippen molar-refractivity contribution in [1.29, 1.82) is 0 Å². The van der Waals surface area contributed by atoms with Crippen LogP contribution in [0.4, 0.5) is 0 Å². The molecule has 0 saturated carbocycles. The number of hydrogen-bond donors (Lipinski definition) is 1. The molecule has 5 heteroatoms. The van der Waals surface area contributed by atoms with Gasteiger partial charge in [0.05, 0.1) is 5.56 Å². The van der Waals surface area contributed by atoms with Gasteiger partial charge < -0.3 is 14.7 Å². The number of hydrogen-bond acceptors (Lipinski definition) is 4. The van der Waals surface area contributed by atoms with Crippen LogP contribution in [0.3, 0.4) is 0 Å². The molecule has 0 amide bonds. The zero-order chi connectivity index (χ0) is 15.0. The molecule has 0 unspecified atom stereocenters. The van der Waals surface area contributed by atoms with Crippen molar-refractivity contribution in [2.75, 3.05) is 20.1 Å². The Kier molecular flexibility index (Phi) is 3.29. The predicted octanol–water partition coefficient (Wildman–Crippen LogP) is 1.82. The number of ether oxygens (including phenoxy) is 1. The third kappa shape index (κ3) is 2.45. The van der Waals surface area contributed by atoms with Gasteiger partial charge in [0.2, 0.25) is 5.78 Å². The van der Waals surface area contributed by atoms with Crippen LogP contribution in [0.1, 0.15) is 28.8 Å². The average Bonchev–Trinajstić information content (AvgIpc) is 2.73. The van der Waals surface area contributed by atoms with Gasteiger partial charge in [0.1, 0.15) is 5.75 Å². The van der Waals surface area contributed by atoms with Gasteiger partial charge in [-0.25, -0.2) is 4.79 Å². The van der Waals surface area contributed by atoms with Crippen LogP contribution in [-0.2, 0) is 4.79 Å². The molecule has 0 radical (unpaired) electrons. The Balaban J connectivity index is 1.88. The monoisotopic (exact) mass is 287 g/mol. The normalized spacial score (nSPS) is 20.7. The summed E-state index contributed by atoms with van der Waals surface area (Å²) in [6.07, 6.45) is 3.93. The minimum absolute atomic E-state index is 0.0242. The highest BCUT2D eigenvalue weighted by molar-refractivity contribution is 6.08. The van der Waals surface area contributed by atoms with E-state index in [0.29, 0.717) is 29.7 Å². The fourth-order valence-corrected chi connectivity index (χ4v) is 2.90. The second kappa shape index (κ2) is 5.00. The number of aliphatic carboxylic acids is 1. The molecule has 1 N–H and O–H groups in total. The molecule has 1 aromatic rings. The number of piperidine rings is 1. The molecule has 0 aliphatic carbocycles. The average molecular weight is 287 g/mol. The summed E-state index contributed by atoms with van der Waals surface area (Å²) in [5, 5.41) is 8.66. The van der Waals surface area contributed by atoms with E-state index in [-0.39, 0.29) is 5.78 Å². The molecule has 2 heterocycles. The molecule has 2 aliphatic rings. The number of likely N-dealkylation sites (tertiary alicyclic amines) is 1. The number of carboxylic acid groups (broad SMARTS) is 1. The van der Waals surface area contributed by atoms with Crippen LogP contribution in [0, 0.1) is 0 Å². The number of carboxylic acids is 1. The highest BCUT2D eigenvalue weighted by Crippen LogP contribution is 2.41. The number of ketones is 1. The van der Waals surface area contributed by atoms with Crippen molar-refractivity contribution in [1.82, 2.24) is 4.90 Å². The molecule has 21 heavy (non-hydrogen) atoms. The molecule has 2 aliphatic heterocycles. The first-order valence-electron chi connectivity index (χ1n) is 6.98. The molecule has 0 bridgehead atoms. The van der Waals surface area contributed by atoms with Crippen molar-refractivity contribution in [3.63, 3.8) is 0 Å². The van der Waals surface area contributed by atoms with Gasteiger partial charge in [0.15, 0.2) is 5.60 Å². The summed E-state index contributed by atoms with van der Waals surface area (Å²) in [6.45, 7) is 1.68. The number of fused-ring (bicyclic) bond motifs is 1. The fraction of sp³-hybridized carbons (Fsp3) is 0.375. The lowest BCUT2D eigenvalue weighted by Crippen LogP contribution is -2.49. The molecule has 3 rings (SSSR count). The van der Waals surface area contributed by atoms with Crippen molar-refractivity contribution in [3.8, 4) is 5.75 Å². The van der Waals surface area contributed by atoms with Crippen LogP contribution in [0.15, 0.2) is 24.3 Å². The number of Topliss-reactive ketones (excluding diaryl/α,β-unsaturated/α-hetero) is 1. The minimum atomic E-state index is -1.01. The van der Waals surface area contributed by atoms with E-state index in [4.69, 9.17) is 9.84 Å². The fourth-order valence-electron chi connectivity index (χ4n) is 2.90. The smallest absolute Gasteiger partial charge is 0.328 e. The van der Waals surface area contributed by atoms with Crippen molar-refractivity contribution >= 4 is 17.8 Å². The molecule has 1 spiro atoms. The largest absolute Gasteiger partial charge is 0.478 e. The van der Waals surface area contributed by atoms with Crippen molar-refractivity contribution in [2.24, 2.45) is 0 Å². The van der Waals surface area contributed by atoms with Crippen molar-refractivity contribution < 1.29 is 19.4 Å². The van der Waals surface area contributed by atoms with Gasteiger partial charge in [-0.2, -0.15) is 0 Å². The molecule has 1 saturated heterocycles. The van der Waals surface area contributed by atoms with Crippen molar-refractivity contribution in [3.05, 3.63) is 35.4 Å². The van der Waals surface area contributed by atoms with Crippen molar-refractivity contribution in [2.45, 2.75) is 18.4 Å². The molecule has 0 atom stereocenters. The predicted molar refractivity (Wildman–Crippen MR) is 77.5 cm³/mol. The Morgan fingerprint density at radius 2 is 2.10 bits per heavy atom. The first kappa shape index (κ1) is 13.8. The lowest BCUT2D eigenvalue weighted by molar-refractivity contribution is -0.131. The molecule has 1 fully saturated rings. The SMILES string of the molecule is CN1CCC2(CC1)Oc1ccc(/C=C/C(=O)O)cc1C2=O. The van der Waals surface area contributed by atoms with Crippen LogP contribution in [-0.4, -0.2) is 47.5 Å². The number of carbonyl (C=O) groups is 2. The summed E-state index contributed by atoms with van der Waals surface area (Å²) in [6, 6.07) is 5.23. The molecule has 110 valence electrons. The number of benzene rings is 1. The number of carbonyl (C=O) groups excluding carboxylic acids is 1. The van der Waals surface area contributed by atoms with Gasteiger partial charge >= 0.3 is 5.97 Å². The maximum atomic E-state index is 12.7. The Morgan fingerprint density at radius 1 is 1.38 bits per heavy atom. The Hall–Kier alpha value is -2.14. The lowest BCUT2D eigenvalue weighted by atomic mass is 9.86. The first-order chi connectivity index (χ1) is 10.00. The van der Waals surface area contributed by atoms with E-state index >= 15 is 0 Å². The molecule has 5 nitrogen and oxygen atoms in total. The first-order valence-corrected chi connectivity index (χ1v) is 6.98. The molecule has 1 aromatic carbocycles. The quantitative estimate of drug-likeness (QED) is 0.840. The third-order valence-electron chi connectivity index (χ3n) is 4.18. The van der Waals surface area contributed by atoms with Crippen LogP contribution >= 0.6 is 0 Å². The van der Waals surface area contributed by atoms with Gasteiger partial charge in [-0.3, -0.25) is 4.79 Å². The summed E-state index contributed by atoms with van der Waals surface area (Å²) in [5.74, 6) is -0.377. The van der Waals surface area contributed by atoms with Gasteiger partial charge in [0, 0.05) is 32.0 Å². The topological polar surface area (TPSA) is 66.8 Å². The van der Waals surface area contributed by atoms with Gasteiger partial charge in [-0.1, -0.05) is 6.07 Å². The number of nitrogens with zero attached hydrogens (tertiary/aromatic N) is 1. The van der Waals surface area contributed by atoms with E-state index in [1.165, 1.54) is 6.08 Å². The molecular formula is C16H17NO4. The van der Waals surface area contributed by atoms with E-state index in [1.807, 2.05) is 7.05 Å². The van der Waals surface area contributed by atoms with E-state index in [9.17, 15) is 9.59 Å². The Labute approximate surface area is 122 Å². The lowest BCUT2D eigenvalue weighted by Gasteiger charge is -2.35. The summed E-state index contributed by atoms with van der Waals surface area (Å²) in [5.41, 5.74) is 0.537. The highest BCUT2D eigenvalue weighted by atomic mass is 16.5. The number of rotatable bonds is 2.